The highest BCUT2D eigenvalue weighted by molar-refractivity contribution is 5.76. The number of carbonyl (C=O) groups excluding carboxylic acids is 1. The van der Waals surface area contributed by atoms with Crippen LogP contribution in [0.4, 0.5) is 0 Å². The fraction of sp³-hybridized carbons (Fsp3) is 0.765. The Balaban J connectivity index is 1.69. The van der Waals surface area contributed by atoms with Crippen molar-refractivity contribution in [3.05, 3.63) is 18.2 Å². The van der Waals surface area contributed by atoms with Crippen LogP contribution in [0.5, 0.6) is 0 Å². The fourth-order valence-corrected chi connectivity index (χ4v) is 4.18. The van der Waals surface area contributed by atoms with Gasteiger partial charge in [-0.15, -0.1) is 0 Å². The molecule has 22 heavy (non-hydrogen) atoms. The van der Waals surface area contributed by atoms with Crippen molar-refractivity contribution in [1.82, 2.24) is 14.5 Å². The molecule has 1 saturated carbocycles. The van der Waals surface area contributed by atoms with E-state index in [1.807, 2.05) is 22.6 Å². The summed E-state index contributed by atoms with van der Waals surface area (Å²) in [6.45, 7) is 5.37. The first kappa shape index (κ1) is 15.5. The second-order valence-electron chi connectivity index (χ2n) is 7.05. The number of rotatable bonds is 3. The highest BCUT2D eigenvalue weighted by Gasteiger charge is 2.40. The summed E-state index contributed by atoms with van der Waals surface area (Å²) < 4.78 is 1.90. The van der Waals surface area contributed by atoms with Crippen LogP contribution in [-0.2, 0) is 11.3 Å². The van der Waals surface area contributed by atoms with Crippen LogP contribution < -0.4 is 0 Å². The summed E-state index contributed by atoms with van der Waals surface area (Å²) in [6, 6.07) is 0.217. The molecule has 1 aliphatic heterocycles. The molecule has 1 aliphatic carbocycles. The van der Waals surface area contributed by atoms with Gasteiger partial charge >= 0.3 is 0 Å². The molecule has 0 bridgehead atoms. The Labute approximate surface area is 132 Å². The molecule has 4 atom stereocenters. The van der Waals surface area contributed by atoms with E-state index < -0.39 is 0 Å². The van der Waals surface area contributed by atoms with Crippen LogP contribution in [0, 0.1) is 18.8 Å². The normalized spacial score (nSPS) is 32.4. The van der Waals surface area contributed by atoms with E-state index in [0.29, 0.717) is 12.5 Å². The van der Waals surface area contributed by atoms with Crippen molar-refractivity contribution in [3.63, 3.8) is 0 Å². The second kappa shape index (κ2) is 6.41. The van der Waals surface area contributed by atoms with Crippen molar-refractivity contribution < 1.29 is 9.90 Å². The Bertz CT molecular complexity index is 528. The molecule has 1 saturated heterocycles. The highest BCUT2D eigenvalue weighted by atomic mass is 16.3. The number of aliphatic hydroxyl groups excluding tert-OH is 1. The second-order valence-corrected chi connectivity index (χ2v) is 7.05. The molecule has 1 aromatic heterocycles. The minimum absolute atomic E-state index is 0.161. The molecular formula is C17H27N3O2. The first-order chi connectivity index (χ1) is 10.6. The standard InChI is InChI=1S/C17H27N3O2/c1-12-5-6-16(21)14(10-12)15-4-3-8-20(15)17(22)11-19-9-7-18-13(19)2/h7,9,12,14-16,21H,3-6,8,10-11H2,1-2H3. The fourth-order valence-electron chi connectivity index (χ4n) is 4.18. The third-order valence-electron chi connectivity index (χ3n) is 5.47. The number of aliphatic hydroxyl groups is 1. The minimum atomic E-state index is -0.246. The topological polar surface area (TPSA) is 58.4 Å². The number of carbonyl (C=O) groups is 1. The van der Waals surface area contributed by atoms with Gasteiger partial charge in [0.2, 0.25) is 5.91 Å². The van der Waals surface area contributed by atoms with Gasteiger partial charge in [-0.2, -0.15) is 0 Å². The number of imidazole rings is 1. The number of aryl methyl sites for hydroxylation is 1. The summed E-state index contributed by atoms with van der Waals surface area (Å²) in [7, 11) is 0. The molecule has 2 aliphatic rings. The van der Waals surface area contributed by atoms with Crippen LogP contribution >= 0.6 is 0 Å². The van der Waals surface area contributed by atoms with E-state index in [1.165, 1.54) is 0 Å². The number of hydrogen-bond donors (Lipinski definition) is 1. The van der Waals surface area contributed by atoms with Gasteiger partial charge in [0.1, 0.15) is 12.4 Å². The maximum absolute atomic E-state index is 12.7. The molecule has 0 radical (unpaired) electrons. The lowest BCUT2D eigenvalue weighted by molar-refractivity contribution is -0.135. The van der Waals surface area contributed by atoms with E-state index >= 15 is 0 Å². The number of hydrogen-bond acceptors (Lipinski definition) is 3. The van der Waals surface area contributed by atoms with E-state index in [-0.39, 0.29) is 24.0 Å². The lowest BCUT2D eigenvalue weighted by Crippen LogP contribution is -2.47. The van der Waals surface area contributed by atoms with Crippen molar-refractivity contribution >= 4 is 5.91 Å². The van der Waals surface area contributed by atoms with Gasteiger partial charge in [0.25, 0.3) is 0 Å². The zero-order chi connectivity index (χ0) is 15.7. The Morgan fingerprint density at radius 2 is 2.23 bits per heavy atom. The van der Waals surface area contributed by atoms with Crippen LogP contribution in [0.3, 0.4) is 0 Å². The molecule has 0 spiro atoms. The smallest absolute Gasteiger partial charge is 0.242 e. The average Bonchev–Trinajstić information content (AvgIpc) is 3.11. The van der Waals surface area contributed by atoms with Crippen molar-refractivity contribution in [1.29, 1.82) is 0 Å². The van der Waals surface area contributed by atoms with Gasteiger partial charge in [0.15, 0.2) is 0 Å². The van der Waals surface area contributed by atoms with Crippen molar-refractivity contribution in [2.24, 2.45) is 11.8 Å². The van der Waals surface area contributed by atoms with E-state index in [9.17, 15) is 9.90 Å². The SMILES string of the molecule is Cc1nccn1CC(=O)N1CCCC1C1CC(C)CCC1O. The summed E-state index contributed by atoms with van der Waals surface area (Å²) in [5, 5.41) is 10.4. The Morgan fingerprint density at radius 3 is 2.95 bits per heavy atom. The van der Waals surface area contributed by atoms with E-state index in [2.05, 4.69) is 11.9 Å². The van der Waals surface area contributed by atoms with E-state index in [0.717, 1.165) is 44.5 Å². The predicted molar refractivity (Wildman–Crippen MR) is 84.2 cm³/mol. The Hall–Kier alpha value is -1.36. The van der Waals surface area contributed by atoms with Gasteiger partial charge in [0.05, 0.1) is 6.10 Å². The lowest BCUT2D eigenvalue weighted by Gasteiger charge is -2.39. The molecule has 2 heterocycles. The first-order valence-electron chi connectivity index (χ1n) is 8.51. The lowest BCUT2D eigenvalue weighted by atomic mass is 9.76. The van der Waals surface area contributed by atoms with Gasteiger partial charge in [0, 0.05) is 30.9 Å². The highest BCUT2D eigenvalue weighted by Crippen LogP contribution is 2.37. The van der Waals surface area contributed by atoms with Crippen LogP contribution in [0.15, 0.2) is 12.4 Å². The summed E-state index contributed by atoms with van der Waals surface area (Å²) in [6.07, 6.45) is 8.45. The number of likely N-dealkylation sites (tertiary alicyclic amines) is 1. The van der Waals surface area contributed by atoms with Crippen molar-refractivity contribution in [2.75, 3.05) is 6.54 Å². The third kappa shape index (κ3) is 3.05. The average molecular weight is 305 g/mol. The maximum Gasteiger partial charge on any atom is 0.242 e. The Morgan fingerprint density at radius 1 is 1.41 bits per heavy atom. The number of amides is 1. The third-order valence-corrected chi connectivity index (χ3v) is 5.47. The zero-order valence-electron chi connectivity index (χ0n) is 13.6. The minimum Gasteiger partial charge on any atom is -0.393 e. The zero-order valence-corrected chi connectivity index (χ0v) is 13.6. The van der Waals surface area contributed by atoms with Crippen LogP contribution in [0.1, 0.15) is 44.9 Å². The molecule has 5 nitrogen and oxygen atoms in total. The maximum atomic E-state index is 12.7. The van der Waals surface area contributed by atoms with E-state index in [1.54, 1.807) is 6.20 Å². The predicted octanol–water partition coefficient (Wildman–Crippen LogP) is 1.98. The number of nitrogens with zero attached hydrogens (tertiary/aromatic N) is 3. The summed E-state index contributed by atoms with van der Waals surface area (Å²) >= 11 is 0. The van der Waals surface area contributed by atoms with Gasteiger partial charge in [-0.25, -0.2) is 4.98 Å². The quantitative estimate of drug-likeness (QED) is 0.929. The molecule has 3 rings (SSSR count). The summed E-state index contributed by atoms with van der Waals surface area (Å²) in [5.74, 6) is 1.94. The molecule has 5 heteroatoms. The van der Waals surface area contributed by atoms with Crippen molar-refractivity contribution in [3.8, 4) is 0 Å². The summed E-state index contributed by atoms with van der Waals surface area (Å²) in [4.78, 5) is 18.9. The molecule has 2 fully saturated rings. The largest absolute Gasteiger partial charge is 0.393 e. The van der Waals surface area contributed by atoms with E-state index in [4.69, 9.17) is 0 Å². The molecule has 1 N–H and O–H groups in total. The molecular weight excluding hydrogens is 278 g/mol. The number of aromatic nitrogens is 2. The van der Waals surface area contributed by atoms with Crippen LogP contribution in [0.2, 0.25) is 0 Å². The monoisotopic (exact) mass is 305 g/mol. The van der Waals surface area contributed by atoms with Gasteiger partial charge in [-0.1, -0.05) is 6.92 Å². The summed E-state index contributed by atoms with van der Waals surface area (Å²) in [5.41, 5.74) is 0. The molecule has 1 aromatic rings. The molecule has 122 valence electrons. The van der Waals surface area contributed by atoms with Crippen LogP contribution in [-0.4, -0.2) is 44.2 Å². The molecule has 4 unspecified atom stereocenters. The van der Waals surface area contributed by atoms with Crippen molar-refractivity contribution in [2.45, 2.75) is 64.6 Å². The van der Waals surface area contributed by atoms with Gasteiger partial charge < -0.3 is 14.6 Å². The van der Waals surface area contributed by atoms with Gasteiger partial charge in [-0.05, 0) is 44.9 Å². The Kier molecular flexibility index (Phi) is 4.52. The van der Waals surface area contributed by atoms with Gasteiger partial charge in [-0.3, -0.25) is 4.79 Å². The first-order valence-corrected chi connectivity index (χ1v) is 8.51. The van der Waals surface area contributed by atoms with Crippen LogP contribution in [0.25, 0.3) is 0 Å². The molecule has 1 amide bonds. The molecule has 0 aromatic carbocycles.